The van der Waals surface area contributed by atoms with Gasteiger partial charge in [-0.1, -0.05) is 18.6 Å². The molecule has 0 aliphatic carbocycles. The highest BCUT2D eigenvalue weighted by molar-refractivity contribution is 7.89. The van der Waals surface area contributed by atoms with E-state index >= 15 is 0 Å². The molecule has 0 spiro atoms. The Kier molecular flexibility index (Phi) is 6.24. The average molecular weight is 375 g/mol. The number of piperidine rings is 1. The highest BCUT2D eigenvalue weighted by atomic mass is 32.2. The molecule has 1 aromatic carbocycles. The number of ether oxygens (including phenoxy) is 1. The molecule has 6 nitrogen and oxygen atoms in total. The molecule has 7 heteroatoms. The first kappa shape index (κ1) is 18.8. The maximum Gasteiger partial charge on any atom is 0.242 e. The Bertz CT molecular complexity index is 789. The summed E-state index contributed by atoms with van der Waals surface area (Å²) in [5.74, 6) is 0.794. The first-order valence-corrected chi connectivity index (χ1v) is 10.4. The van der Waals surface area contributed by atoms with Crippen LogP contribution in [0.3, 0.4) is 0 Å². The number of nitrogens with zero attached hydrogens (tertiary/aromatic N) is 2. The van der Waals surface area contributed by atoms with Gasteiger partial charge in [-0.05, 0) is 55.8 Å². The van der Waals surface area contributed by atoms with Crippen molar-refractivity contribution in [3.05, 3.63) is 54.4 Å². The fourth-order valence-electron chi connectivity index (χ4n) is 3.29. The Morgan fingerprint density at radius 1 is 1.15 bits per heavy atom. The molecule has 1 N–H and O–H groups in total. The van der Waals surface area contributed by atoms with Crippen LogP contribution >= 0.6 is 0 Å². The minimum atomic E-state index is -3.58. The van der Waals surface area contributed by atoms with Crippen molar-refractivity contribution < 1.29 is 13.2 Å². The van der Waals surface area contributed by atoms with Crippen molar-refractivity contribution in [3.63, 3.8) is 0 Å². The van der Waals surface area contributed by atoms with Gasteiger partial charge < -0.3 is 4.74 Å². The van der Waals surface area contributed by atoms with Crippen LogP contribution in [-0.4, -0.2) is 45.0 Å². The molecule has 0 saturated carbocycles. The molecule has 0 radical (unpaired) electrons. The van der Waals surface area contributed by atoms with Gasteiger partial charge in [0.05, 0.1) is 7.11 Å². The van der Waals surface area contributed by atoms with Crippen LogP contribution in [0.2, 0.25) is 0 Å². The van der Waals surface area contributed by atoms with Gasteiger partial charge in [0.2, 0.25) is 10.0 Å². The first-order valence-electron chi connectivity index (χ1n) is 8.88. The number of sulfonamides is 1. The highest BCUT2D eigenvalue weighted by Gasteiger charge is 2.25. The maximum atomic E-state index is 12.6. The minimum Gasteiger partial charge on any atom is -0.497 e. The van der Waals surface area contributed by atoms with Gasteiger partial charge in [-0.25, -0.2) is 13.1 Å². The number of methoxy groups -OCH3 is 1. The van der Waals surface area contributed by atoms with E-state index in [2.05, 4.69) is 14.6 Å². The minimum absolute atomic E-state index is 0.00680. The summed E-state index contributed by atoms with van der Waals surface area (Å²) in [5, 5.41) is 0. The van der Waals surface area contributed by atoms with Crippen LogP contribution in [-0.2, 0) is 10.0 Å². The van der Waals surface area contributed by atoms with Crippen molar-refractivity contribution in [2.75, 3.05) is 26.7 Å². The molecule has 1 unspecified atom stereocenters. The fraction of sp³-hybridized carbons (Fsp3) is 0.421. The van der Waals surface area contributed by atoms with Crippen molar-refractivity contribution in [2.24, 2.45) is 0 Å². The van der Waals surface area contributed by atoms with Gasteiger partial charge >= 0.3 is 0 Å². The molecule has 1 atom stereocenters. The molecule has 2 aromatic rings. The smallest absolute Gasteiger partial charge is 0.242 e. The van der Waals surface area contributed by atoms with Crippen molar-refractivity contribution in [1.29, 1.82) is 0 Å². The molecule has 1 aromatic heterocycles. The molecule has 1 aliphatic rings. The van der Waals surface area contributed by atoms with Gasteiger partial charge in [0.25, 0.3) is 0 Å². The largest absolute Gasteiger partial charge is 0.497 e. The number of benzene rings is 1. The van der Waals surface area contributed by atoms with E-state index in [-0.39, 0.29) is 10.9 Å². The molecular formula is C19H25N3O3S. The van der Waals surface area contributed by atoms with Crippen LogP contribution in [0.5, 0.6) is 5.75 Å². The topological polar surface area (TPSA) is 71.5 Å². The Labute approximate surface area is 155 Å². The highest BCUT2D eigenvalue weighted by Crippen LogP contribution is 2.26. The summed E-state index contributed by atoms with van der Waals surface area (Å²) >= 11 is 0. The van der Waals surface area contributed by atoms with E-state index in [1.54, 1.807) is 25.4 Å². The normalized spacial score (nSPS) is 17.0. The Hall–Kier alpha value is -1.96. The zero-order valence-corrected chi connectivity index (χ0v) is 15.8. The fourth-order valence-corrected chi connectivity index (χ4v) is 4.29. The SMILES string of the molecule is COc1ccc(C(CNS(=O)(=O)c2cccnc2)N2CCCCC2)cc1. The molecule has 3 rings (SSSR count). The van der Waals surface area contributed by atoms with E-state index in [1.165, 1.54) is 12.6 Å². The molecule has 1 aliphatic heterocycles. The lowest BCUT2D eigenvalue weighted by Gasteiger charge is -2.35. The van der Waals surface area contributed by atoms with Crippen molar-refractivity contribution in [1.82, 2.24) is 14.6 Å². The summed E-state index contributed by atoms with van der Waals surface area (Å²) in [5.41, 5.74) is 1.08. The summed E-state index contributed by atoms with van der Waals surface area (Å²) in [6, 6.07) is 11.0. The second kappa shape index (κ2) is 8.62. The predicted octanol–water partition coefficient (Wildman–Crippen LogP) is 2.60. The molecule has 1 fully saturated rings. The molecular weight excluding hydrogens is 350 g/mol. The third-order valence-corrected chi connectivity index (χ3v) is 6.15. The standard InChI is InChI=1S/C19H25N3O3S/c1-25-17-9-7-16(8-10-17)19(22-12-3-2-4-13-22)15-21-26(23,24)18-6-5-11-20-14-18/h5-11,14,19,21H,2-4,12-13,15H2,1H3. The second-order valence-electron chi connectivity index (χ2n) is 6.43. The maximum absolute atomic E-state index is 12.6. The predicted molar refractivity (Wildman–Crippen MR) is 101 cm³/mol. The zero-order valence-electron chi connectivity index (χ0n) is 15.0. The number of rotatable bonds is 7. The van der Waals surface area contributed by atoms with Gasteiger partial charge in [0, 0.05) is 25.0 Å². The number of aromatic nitrogens is 1. The monoisotopic (exact) mass is 375 g/mol. The summed E-state index contributed by atoms with van der Waals surface area (Å²) in [7, 11) is -1.94. The van der Waals surface area contributed by atoms with Gasteiger partial charge in [-0.15, -0.1) is 0 Å². The van der Waals surface area contributed by atoms with E-state index in [0.717, 1.165) is 37.2 Å². The third kappa shape index (κ3) is 4.60. The molecule has 0 bridgehead atoms. The van der Waals surface area contributed by atoms with Crippen molar-refractivity contribution in [3.8, 4) is 5.75 Å². The third-order valence-electron chi connectivity index (χ3n) is 4.74. The van der Waals surface area contributed by atoms with E-state index in [9.17, 15) is 8.42 Å². The Balaban J connectivity index is 1.79. The Morgan fingerprint density at radius 3 is 2.50 bits per heavy atom. The van der Waals surface area contributed by atoms with Gasteiger partial charge in [-0.2, -0.15) is 0 Å². The molecule has 26 heavy (non-hydrogen) atoms. The molecule has 140 valence electrons. The number of hydrogen-bond donors (Lipinski definition) is 1. The zero-order chi connectivity index (χ0) is 18.4. The molecule has 2 heterocycles. The van der Waals surface area contributed by atoms with Crippen LogP contribution in [0.4, 0.5) is 0 Å². The summed E-state index contributed by atoms with van der Waals surface area (Å²) in [6.07, 6.45) is 6.44. The van der Waals surface area contributed by atoms with Crippen LogP contribution in [0.25, 0.3) is 0 Å². The van der Waals surface area contributed by atoms with E-state index in [1.807, 2.05) is 24.3 Å². The number of hydrogen-bond acceptors (Lipinski definition) is 5. The summed E-state index contributed by atoms with van der Waals surface area (Å²) < 4.78 is 33.1. The van der Waals surface area contributed by atoms with Crippen LogP contribution in [0.1, 0.15) is 30.9 Å². The molecule has 0 amide bonds. The van der Waals surface area contributed by atoms with E-state index in [0.29, 0.717) is 6.54 Å². The first-order chi connectivity index (χ1) is 12.6. The second-order valence-corrected chi connectivity index (χ2v) is 8.19. The number of pyridine rings is 1. The van der Waals surface area contributed by atoms with Crippen molar-refractivity contribution in [2.45, 2.75) is 30.2 Å². The molecule has 1 saturated heterocycles. The number of nitrogens with one attached hydrogen (secondary N) is 1. The lowest BCUT2D eigenvalue weighted by atomic mass is 10.0. The van der Waals surface area contributed by atoms with Crippen LogP contribution < -0.4 is 9.46 Å². The quantitative estimate of drug-likeness (QED) is 0.805. The van der Waals surface area contributed by atoms with Crippen molar-refractivity contribution >= 4 is 10.0 Å². The Morgan fingerprint density at radius 2 is 1.88 bits per heavy atom. The average Bonchev–Trinajstić information content (AvgIpc) is 2.70. The van der Waals surface area contributed by atoms with E-state index < -0.39 is 10.0 Å². The summed E-state index contributed by atoms with van der Waals surface area (Å²) in [6.45, 7) is 2.28. The number of likely N-dealkylation sites (tertiary alicyclic amines) is 1. The van der Waals surface area contributed by atoms with E-state index in [4.69, 9.17) is 4.74 Å². The van der Waals surface area contributed by atoms with Gasteiger partial charge in [0.1, 0.15) is 10.6 Å². The van der Waals surface area contributed by atoms with Gasteiger partial charge in [0.15, 0.2) is 0 Å². The van der Waals surface area contributed by atoms with Crippen LogP contribution in [0.15, 0.2) is 53.7 Å². The summed E-state index contributed by atoms with van der Waals surface area (Å²) in [4.78, 5) is 6.45. The van der Waals surface area contributed by atoms with Gasteiger partial charge in [-0.3, -0.25) is 9.88 Å². The van der Waals surface area contributed by atoms with Crippen LogP contribution in [0, 0.1) is 0 Å². The lowest BCUT2D eigenvalue weighted by Crippen LogP contribution is -2.40. The lowest BCUT2D eigenvalue weighted by molar-refractivity contribution is 0.164.